The van der Waals surface area contributed by atoms with E-state index in [0.29, 0.717) is 5.92 Å². The minimum atomic E-state index is -0.556. The van der Waals surface area contributed by atoms with E-state index < -0.39 is 5.41 Å². The number of ether oxygens (including phenoxy) is 1. The Kier molecular flexibility index (Phi) is 5.96. The van der Waals surface area contributed by atoms with Crippen LogP contribution in [0.25, 0.3) is 0 Å². The number of nitrogens with zero attached hydrogens (tertiary/aromatic N) is 1. The van der Waals surface area contributed by atoms with Gasteiger partial charge in [0.05, 0.1) is 12.0 Å². The fraction of sp³-hybridized carbons (Fsp3) is 0.600. The molecule has 4 nitrogen and oxygen atoms in total. The second kappa shape index (κ2) is 7.24. The SMILES string of the molecule is CCC(CC(C)(C)C(=O)OCCO)c1ccncc1. The monoisotopic (exact) mass is 265 g/mol. The standard InChI is InChI=1S/C15H23NO3/c1-4-12(13-5-7-16-8-6-13)11-15(2,3)14(18)19-10-9-17/h5-8,12,17H,4,9-11H2,1-3H3. The maximum Gasteiger partial charge on any atom is 0.311 e. The minimum absolute atomic E-state index is 0.0638. The maximum atomic E-state index is 12.0. The highest BCUT2D eigenvalue weighted by Gasteiger charge is 2.32. The van der Waals surface area contributed by atoms with Gasteiger partial charge in [0.15, 0.2) is 0 Å². The van der Waals surface area contributed by atoms with Crippen molar-refractivity contribution in [3.05, 3.63) is 30.1 Å². The largest absolute Gasteiger partial charge is 0.463 e. The van der Waals surface area contributed by atoms with Crippen LogP contribution in [0.2, 0.25) is 0 Å². The number of aliphatic hydroxyl groups is 1. The molecule has 0 saturated carbocycles. The Balaban J connectivity index is 2.71. The summed E-state index contributed by atoms with van der Waals surface area (Å²) in [6, 6.07) is 3.98. The predicted molar refractivity (Wildman–Crippen MR) is 73.7 cm³/mol. The molecule has 0 fully saturated rings. The molecule has 4 heteroatoms. The molecule has 0 bridgehead atoms. The number of carbonyl (C=O) groups is 1. The summed E-state index contributed by atoms with van der Waals surface area (Å²) in [5.41, 5.74) is 0.639. The normalized spacial score (nSPS) is 13.1. The van der Waals surface area contributed by atoms with E-state index in [-0.39, 0.29) is 19.2 Å². The van der Waals surface area contributed by atoms with E-state index in [1.807, 2.05) is 26.0 Å². The third kappa shape index (κ3) is 4.63. The lowest BCUT2D eigenvalue weighted by Crippen LogP contribution is -2.29. The molecule has 0 saturated heterocycles. The quantitative estimate of drug-likeness (QED) is 0.770. The molecule has 0 radical (unpaired) electrons. The summed E-state index contributed by atoms with van der Waals surface area (Å²) in [7, 11) is 0. The van der Waals surface area contributed by atoms with Gasteiger partial charge in [0.1, 0.15) is 6.61 Å². The number of carbonyl (C=O) groups excluding carboxylic acids is 1. The molecule has 1 aromatic heterocycles. The Bertz CT molecular complexity index is 390. The molecule has 19 heavy (non-hydrogen) atoms. The van der Waals surface area contributed by atoms with Crippen molar-refractivity contribution in [2.75, 3.05) is 13.2 Å². The van der Waals surface area contributed by atoms with Gasteiger partial charge in [0.2, 0.25) is 0 Å². The van der Waals surface area contributed by atoms with E-state index in [1.54, 1.807) is 12.4 Å². The number of pyridine rings is 1. The van der Waals surface area contributed by atoms with Gasteiger partial charge in [-0.25, -0.2) is 0 Å². The van der Waals surface area contributed by atoms with E-state index in [0.717, 1.165) is 12.8 Å². The first-order valence-corrected chi connectivity index (χ1v) is 6.69. The first kappa shape index (κ1) is 15.6. The molecule has 106 valence electrons. The Hall–Kier alpha value is -1.42. The lowest BCUT2D eigenvalue weighted by atomic mass is 9.79. The van der Waals surface area contributed by atoms with Crippen molar-refractivity contribution in [1.29, 1.82) is 0 Å². The van der Waals surface area contributed by atoms with Crippen molar-refractivity contribution in [3.63, 3.8) is 0 Å². The first-order valence-electron chi connectivity index (χ1n) is 6.69. The van der Waals surface area contributed by atoms with Crippen LogP contribution in [0, 0.1) is 5.41 Å². The number of aromatic nitrogens is 1. The zero-order chi connectivity index (χ0) is 14.3. The van der Waals surface area contributed by atoms with Gasteiger partial charge in [0.25, 0.3) is 0 Å². The van der Waals surface area contributed by atoms with E-state index in [2.05, 4.69) is 11.9 Å². The van der Waals surface area contributed by atoms with E-state index >= 15 is 0 Å². The lowest BCUT2D eigenvalue weighted by Gasteiger charge is -2.27. The Morgan fingerprint density at radius 2 is 2.05 bits per heavy atom. The van der Waals surface area contributed by atoms with Crippen LogP contribution in [0.3, 0.4) is 0 Å². The molecule has 1 unspecified atom stereocenters. The van der Waals surface area contributed by atoms with Crippen LogP contribution in [0.1, 0.15) is 45.1 Å². The van der Waals surface area contributed by atoms with Gasteiger partial charge in [0, 0.05) is 12.4 Å². The topological polar surface area (TPSA) is 59.4 Å². The summed E-state index contributed by atoms with van der Waals surface area (Å²) in [6.07, 6.45) is 5.22. The molecular formula is C15H23NO3. The van der Waals surface area contributed by atoms with Gasteiger partial charge in [-0.3, -0.25) is 9.78 Å². The number of hydrogen-bond acceptors (Lipinski definition) is 4. The maximum absolute atomic E-state index is 12.0. The van der Waals surface area contributed by atoms with Crippen LogP contribution < -0.4 is 0 Å². The second-order valence-corrected chi connectivity index (χ2v) is 5.33. The van der Waals surface area contributed by atoms with E-state index in [4.69, 9.17) is 9.84 Å². The van der Waals surface area contributed by atoms with Gasteiger partial charge in [-0.05, 0) is 50.3 Å². The third-order valence-corrected chi connectivity index (χ3v) is 3.30. The van der Waals surface area contributed by atoms with Crippen LogP contribution >= 0.6 is 0 Å². The first-order chi connectivity index (χ1) is 9.01. The van der Waals surface area contributed by atoms with Crippen molar-refractivity contribution in [3.8, 4) is 0 Å². The van der Waals surface area contributed by atoms with Gasteiger partial charge >= 0.3 is 5.97 Å². The summed E-state index contributed by atoms with van der Waals surface area (Å²) < 4.78 is 5.04. The molecule has 1 aromatic rings. The highest BCUT2D eigenvalue weighted by atomic mass is 16.5. The van der Waals surface area contributed by atoms with Gasteiger partial charge in [-0.2, -0.15) is 0 Å². The molecule has 0 aromatic carbocycles. The molecule has 1 heterocycles. The van der Waals surface area contributed by atoms with Crippen molar-refractivity contribution < 1.29 is 14.6 Å². The third-order valence-electron chi connectivity index (χ3n) is 3.30. The highest BCUT2D eigenvalue weighted by molar-refractivity contribution is 5.76. The number of aliphatic hydroxyl groups excluding tert-OH is 1. The number of rotatable bonds is 7. The van der Waals surface area contributed by atoms with Crippen molar-refractivity contribution in [2.24, 2.45) is 5.41 Å². The van der Waals surface area contributed by atoms with Crippen LogP contribution in [-0.2, 0) is 9.53 Å². The van der Waals surface area contributed by atoms with Crippen molar-refractivity contribution in [2.45, 2.75) is 39.5 Å². The van der Waals surface area contributed by atoms with E-state index in [9.17, 15) is 4.79 Å². The Morgan fingerprint density at radius 3 is 2.58 bits per heavy atom. The van der Waals surface area contributed by atoms with E-state index in [1.165, 1.54) is 5.56 Å². The van der Waals surface area contributed by atoms with Gasteiger partial charge in [-0.15, -0.1) is 0 Å². The molecule has 1 atom stereocenters. The number of esters is 1. The van der Waals surface area contributed by atoms with Crippen molar-refractivity contribution >= 4 is 5.97 Å². The molecular weight excluding hydrogens is 242 g/mol. The van der Waals surface area contributed by atoms with Gasteiger partial charge in [-0.1, -0.05) is 6.92 Å². The average molecular weight is 265 g/mol. The molecule has 1 N–H and O–H groups in total. The Labute approximate surface area is 114 Å². The van der Waals surface area contributed by atoms with Crippen molar-refractivity contribution in [1.82, 2.24) is 4.98 Å². The zero-order valence-electron chi connectivity index (χ0n) is 11.9. The molecule has 0 amide bonds. The lowest BCUT2D eigenvalue weighted by molar-refractivity contribution is -0.155. The van der Waals surface area contributed by atoms with Gasteiger partial charge < -0.3 is 9.84 Å². The summed E-state index contributed by atoms with van der Waals surface area (Å²) in [4.78, 5) is 16.0. The highest BCUT2D eigenvalue weighted by Crippen LogP contribution is 2.34. The zero-order valence-corrected chi connectivity index (χ0v) is 11.9. The second-order valence-electron chi connectivity index (χ2n) is 5.33. The van der Waals surface area contributed by atoms with Crippen LogP contribution in [0.4, 0.5) is 0 Å². The summed E-state index contributed by atoms with van der Waals surface area (Å²) in [6.45, 7) is 5.81. The predicted octanol–water partition coefficient (Wildman–Crippen LogP) is 2.53. The summed E-state index contributed by atoms with van der Waals surface area (Å²) >= 11 is 0. The summed E-state index contributed by atoms with van der Waals surface area (Å²) in [5, 5.41) is 8.70. The Morgan fingerprint density at radius 1 is 1.42 bits per heavy atom. The molecule has 0 aliphatic heterocycles. The summed E-state index contributed by atoms with van der Waals surface area (Å²) in [5.74, 6) is 0.0498. The fourth-order valence-corrected chi connectivity index (χ4v) is 2.17. The molecule has 1 rings (SSSR count). The molecule has 0 aliphatic rings. The molecule has 0 spiro atoms. The molecule has 0 aliphatic carbocycles. The average Bonchev–Trinajstić information content (AvgIpc) is 2.43. The van der Waals surface area contributed by atoms with Crippen LogP contribution in [0.15, 0.2) is 24.5 Å². The fourth-order valence-electron chi connectivity index (χ4n) is 2.17. The minimum Gasteiger partial charge on any atom is -0.463 e. The van der Waals surface area contributed by atoms with Crippen LogP contribution in [0.5, 0.6) is 0 Å². The van der Waals surface area contributed by atoms with Crippen LogP contribution in [-0.4, -0.2) is 29.3 Å². The smallest absolute Gasteiger partial charge is 0.311 e. The number of hydrogen-bond donors (Lipinski definition) is 1.